The number of aromatic nitrogens is 1. The first-order valence-corrected chi connectivity index (χ1v) is 6.30. The van der Waals surface area contributed by atoms with Gasteiger partial charge in [0.05, 0.1) is 5.56 Å². The molecule has 0 aliphatic rings. The number of anilines is 1. The van der Waals surface area contributed by atoms with Gasteiger partial charge < -0.3 is 10.3 Å². The minimum absolute atomic E-state index is 0.248. The van der Waals surface area contributed by atoms with E-state index in [4.69, 9.17) is 21.9 Å². The molecule has 100 valence electrons. The van der Waals surface area contributed by atoms with Gasteiger partial charge in [-0.05, 0) is 30.3 Å². The highest BCUT2D eigenvalue weighted by Gasteiger charge is 2.19. The minimum Gasteiger partial charge on any atom is -0.380 e. The number of nitrogen functional groups attached to an aromatic ring is 1. The Balaban J connectivity index is 2.20. The quantitative estimate of drug-likeness (QED) is 0.761. The van der Waals surface area contributed by atoms with Crippen LogP contribution in [-0.2, 0) is 0 Å². The maximum Gasteiger partial charge on any atom is 0.176 e. The van der Waals surface area contributed by atoms with E-state index in [9.17, 15) is 4.39 Å². The van der Waals surface area contributed by atoms with Gasteiger partial charge in [0.2, 0.25) is 0 Å². The van der Waals surface area contributed by atoms with Crippen molar-refractivity contribution in [2.24, 2.45) is 0 Å². The Kier molecular flexibility index (Phi) is 3.16. The number of nitrogens with zero attached hydrogens (tertiary/aromatic N) is 1. The Labute approximate surface area is 119 Å². The monoisotopic (exact) mass is 288 g/mol. The van der Waals surface area contributed by atoms with Crippen LogP contribution in [0.1, 0.15) is 0 Å². The Hall–Kier alpha value is -2.33. The molecule has 0 saturated heterocycles. The lowest BCUT2D eigenvalue weighted by atomic mass is 10.0. The van der Waals surface area contributed by atoms with E-state index in [2.05, 4.69) is 5.16 Å². The molecule has 5 heteroatoms. The molecule has 3 rings (SSSR count). The minimum atomic E-state index is -0.319. The molecule has 1 aromatic heterocycles. The van der Waals surface area contributed by atoms with E-state index < -0.39 is 0 Å². The van der Waals surface area contributed by atoms with Gasteiger partial charge in [0.1, 0.15) is 5.82 Å². The summed E-state index contributed by atoms with van der Waals surface area (Å²) in [6, 6.07) is 13.2. The SMILES string of the molecule is Nc1noc(-c2ccc(F)cc2)c1-c1ccccc1Cl. The Bertz CT molecular complexity index is 753. The van der Waals surface area contributed by atoms with Crippen molar-refractivity contribution in [3.63, 3.8) is 0 Å². The second kappa shape index (κ2) is 4.98. The molecule has 20 heavy (non-hydrogen) atoms. The van der Waals surface area contributed by atoms with Crippen molar-refractivity contribution < 1.29 is 8.91 Å². The molecule has 2 aromatic carbocycles. The van der Waals surface area contributed by atoms with Crippen molar-refractivity contribution in [1.29, 1.82) is 0 Å². The molecule has 3 nitrogen and oxygen atoms in total. The second-order valence-corrected chi connectivity index (χ2v) is 4.67. The number of halogens is 2. The normalized spacial score (nSPS) is 10.7. The molecule has 0 atom stereocenters. The summed E-state index contributed by atoms with van der Waals surface area (Å²) < 4.78 is 18.3. The van der Waals surface area contributed by atoms with Gasteiger partial charge in [-0.25, -0.2) is 4.39 Å². The highest BCUT2D eigenvalue weighted by molar-refractivity contribution is 6.33. The smallest absolute Gasteiger partial charge is 0.176 e. The van der Waals surface area contributed by atoms with Crippen LogP contribution in [0, 0.1) is 5.82 Å². The van der Waals surface area contributed by atoms with Crippen molar-refractivity contribution in [2.75, 3.05) is 5.73 Å². The maximum atomic E-state index is 13.0. The number of nitrogens with two attached hydrogens (primary N) is 1. The topological polar surface area (TPSA) is 52.0 Å². The largest absolute Gasteiger partial charge is 0.380 e. The Morgan fingerprint density at radius 1 is 1.05 bits per heavy atom. The van der Waals surface area contributed by atoms with E-state index in [1.165, 1.54) is 12.1 Å². The van der Waals surface area contributed by atoms with Crippen molar-refractivity contribution in [2.45, 2.75) is 0 Å². The van der Waals surface area contributed by atoms with Crippen LogP contribution in [0.5, 0.6) is 0 Å². The van der Waals surface area contributed by atoms with Crippen LogP contribution in [0.15, 0.2) is 53.1 Å². The molecule has 0 aliphatic heterocycles. The zero-order valence-corrected chi connectivity index (χ0v) is 11.1. The lowest BCUT2D eigenvalue weighted by Crippen LogP contribution is -1.89. The van der Waals surface area contributed by atoms with Crippen LogP contribution in [-0.4, -0.2) is 5.16 Å². The molecule has 2 N–H and O–H groups in total. The van der Waals surface area contributed by atoms with Gasteiger partial charge in [-0.2, -0.15) is 0 Å². The van der Waals surface area contributed by atoms with Gasteiger partial charge >= 0.3 is 0 Å². The fourth-order valence-electron chi connectivity index (χ4n) is 2.02. The van der Waals surface area contributed by atoms with E-state index in [0.29, 0.717) is 21.9 Å². The summed E-state index contributed by atoms with van der Waals surface area (Å²) in [5, 5.41) is 4.33. The summed E-state index contributed by atoms with van der Waals surface area (Å²) in [6.45, 7) is 0. The van der Waals surface area contributed by atoms with Gasteiger partial charge in [0, 0.05) is 16.1 Å². The molecule has 0 unspecified atom stereocenters. The third-order valence-corrected chi connectivity index (χ3v) is 3.30. The van der Waals surface area contributed by atoms with E-state index in [1.54, 1.807) is 18.2 Å². The summed E-state index contributed by atoms with van der Waals surface area (Å²) in [5.74, 6) is 0.397. The highest BCUT2D eigenvalue weighted by Crippen LogP contribution is 2.39. The van der Waals surface area contributed by atoms with Crippen molar-refractivity contribution >= 4 is 17.4 Å². The average Bonchev–Trinajstić information content (AvgIpc) is 2.82. The van der Waals surface area contributed by atoms with E-state index in [0.717, 1.165) is 5.56 Å². The van der Waals surface area contributed by atoms with Crippen LogP contribution in [0.2, 0.25) is 5.02 Å². The zero-order chi connectivity index (χ0) is 14.1. The zero-order valence-electron chi connectivity index (χ0n) is 10.3. The van der Waals surface area contributed by atoms with Gasteiger partial charge in [-0.3, -0.25) is 0 Å². The average molecular weight is 289 g/mol. The molecule has 0 radical (unpaired) electrons. The number of rotatable bonds is 2. The van der Waals surface area contributed by atoms with Crippen LogP contribution >= 0.6 is 11.6 Å². The molecule has 0 bridgehead atoms. The summed E-state index contributed by atoms with van der Waals surface area (Å²) in [5.41, 5.74) is 7.90. The van der Waals surface area contributed by atoms with E-state index in [1.807, 2.05) is 18.2 Å². The molecule has 0 aliphatic carbocycles. The van der Waals surface area contributed by atoms with E-state index >= 15 is 0 Å². The maximum absolute atomic E-state index is 13.0. The van der Waals surface area contributed by atoms with Crippen molar-refractivity contribution in [3.8, 4) is 22.5 Å². The predicted molar refractivity (Wildman–Crippen MR) is 76.8 cm³/mol. The van der Waals surface area contributed by atoms with Crippen LogP contribution in [0.3, 0.4) is 0 Å². The van der Waals surface area contributed by atoms with Crippen LogP contribution < -0.4 is 5.73 Å². The summed E-state index contributed by atoms with van der Waals surface area (Å²) in [7, 11) is 0. The summed E-state index contributed by atoms with van der Waals surface area (Å²) >= 11 is 6.19. The standard InChI is InChI=1S/C15H10ClFN2O/c16-12-4-2-1-3-11(12)13-14(20-19-15(13)18)9-5-7-10(17)8-6-9/h1-8H,(H2,18,19). The first-order valence-electron chi connectivity index (χ1n) is 5.93. The molecular weight excluding hydrogens is 279 g/mol. The van der Waals surface area contributed by atoms with Crippen LogP contribution in [0.25, 0.3) is 22.5 Å². The Morgan fingerprint density at radius 3 is 2.45 bits per heavy atom. The van der Waals surface area contributed by atoms with Gasteiger partial charge in [0.25, 0.3) is 0 Å². The van der Waals surface area contributed by atoms with Gasteiger partial charge in [0.15, 0.2) is 11.6 Å². The van der Waals surface area contributed by atoms with E-state index in [-0.39, 0.29) is 11.6 Å². The van der Waals surface area contributed by atoms with Crippen LogP contribution in [0.4, 0.5) is 10.2 Å². The molecular formula is C15H10ClFN2O. The molecule has 1 heterocycles. The fraction of sp³-hybridized carbons (Fsp3) is 0. The Morgan fingerprint density at radius 2 is 1.75 bits per heavy atom. The van der Waals surface area contributed by atoms with Gasteiger partial charge in [-0.15, -0.1) is 0 Å². The highest BCUT2D eigenvalue weighted by atomic mass is 35.5. The molecule has 0 fully saturated rings. The second-order valence-electron chi connectivity index (χ2n) is 4.26. The predicted octanol–water partition coefficient (Wildman–Crippen LogP) is 4.38. The fourth-order valence-corrected chi connectivity index (χ4v) is 2.26. The first kappa shape index (κ1) is 12.7. The van der Waals surface area contributed by atoms with Crippen molar-refractivity contribution in [3.05, 3.63) is 59.4 Å². The van der Waals surface area contributed by atoms with Gasteiger partial charge in [-0.1, -0.05) is 35.0 Å². The third kappa shape index (κ3) is 2.14. The lowest BCUT2D eigenvalue weighted by molar-refractivity contribution is 0.436. The molecule has 0 spiro atoms. The number of hydrogen-bond acceptors (Lipinski definition) is 3. The van der Waals surface area contributed by atoms with Crippen molar-refractivity contribution in [1.82, 2.24) is 5.16 Å². The lowest BCUT2D eigenvalue weighted by Gasteiger charge is -2.04. The first-order chi connectivity index (χ1) is 9.66. The number of benzene rings is 2. The molecule has 3 aromatic rings. The number of hydrogen-bond donors (Lipinski definition) is 1. The molecule has 0 amide bonds. The third-order valence-electron chi connectivity index (χ3n) is 2.97. The summed E-state index contributed by atoms with van der Waals surface area (Å²) in [6.07, 6.45) is 0. The molecule has 0 saturated carbocycles. The summed E-state index contributed by atoms with van der Waals surface area (Å²) in [4.78, 5) is 0.